The number of amides is 1. The van der Waals surface area contributed by atoms with Crippen LogP contribution in [0.4, 0.5) is 11.4 Å². The maximum Gasteiger partial charge on any atom is 0.250 e. The molecule has 25 heavy (non-hydrogen) atoms. The molecular weight excluding hydrogens is 316 g/mol. The van der Waals surface area contributed by atoms with Gasteiger partial charge < -0.3 is 15.7 Å². The molecule has 0 unspecified atom stereocenters. The molecule has 1 amide bonds. The van der Waals surface area contributed by atoms with Crippen LogP contribution in [0.3, 0.4) is 0 Å². The van der Waals surface area contributed by atoms with E-state index in [-0.39, 0.29) is 0 Å². The molecule has 0 bridgehead atoms. The number of nitrogens with zero attached hydrogens (tertiary/aromatic N) is 2. The summed E-state index contributed by atoms with van der Waals surface area (Å²) in [5, 5.41) is 15.0. The highest BCUT2D eigenvalue weighted by atomic mass is 16.3. The molecule has 0 atom stereocenters. The molecule has 1 aromatic heterocycles. The van der Waals surface area contributed by atoms with E-state index < -0.39 is 12.5 Å². The molecule has 132 valence electrons. The number of aliphatic hydroxyl groups excluding tert-OH is 1. The minimum absolute atomic E-state index is 0.401. The number of piperidine rings is 1. The first-order valence-corrected chi connectivity index (χ1v) is 8.61. The summed E-state index contributed by atoms with van der Waals surface area (Å²) in [6, 6.07) is 12.2. The second-order valence-corrected chi connectivity index (χ2v) is 6.34. The first-order chi connectivity index (χ1) is 12.2. The summed E-state index contributed by atoms with van der Waals surface area (Å²) >= 11 is 0. The Balaban J connectivity index is 1.49. The van der Waals surface area contributed by atoms with Gasteiger partial charge in [-0.2, -0.15) is 0 Å². The topological polar surface area (TPSA) is 77.5 Å². The molecule has 1 aliphatic heterocycles. The van der Waals surface area contributed by atoms with E-state index in [0.29, 0.717) is 11.7 Å². The summed E-state index contributed by atoms with van der Waals surface area (Å²) in [5.74, 6) is -0.401. The number of pyridine rings is 1. The fourth-order valence-electron chi connectivity index (χ4n) is 3.10. The van der Waals surface area contributed by atoms with E-state index in [4.69, 9.17) is 5.11 Å². The highest BCUT2D eigenvalue weighted by molar-refractivity contribution is 5.91. The number of rotatable bonds is 6. The van der Waals surface area contributed by atoms with Crippen LogP contribution in [0.5, 0.6) is 0 Å². The van der Waals surface area contributed by atoms with Gasteiger partial charge in [-0.1, -0.05) is 6.07 Å². The van der Waals surface area contributed by atoms with Gasteiger partial charge >= 0.3 is 0 Å². The van der Waals surface area contributed by atoms with Gasteiger partial charge in [-0.05, 0) is 48.7 Å². The average Bonchev–Trinajstić information content (AvgIpc) is 2.64. The van der Waals surface area contributed by atoms with Gasteiger partial charge in [-0.3, -0.25) is 14.7 Å². The fourth-order valence-corrected chi connectivity index (χ4v) is 3.10. The van der Waals surface area contributed by atoms with Gasteiger partial charge in [-0.25, -0.2) is 0 Å². The van der Waals surface area contributed by atoms with Gasteiger partial charge in [0.2, 0.25) is 5.91 Å². The van der Waals surface area contributed by atoms with Crippen LogP contribution in [-0.4, -0.2) is 46.6 Å². The van der Waals surface area contributed by atoms with Crippen molar-refractivity contribution >= 4 is 17.3 Å². The van der Waals surface area contributed by atoms with Crippen LogP contribution in [-0.2, 0) is 11.3 Å². The number of aromatic nitrogens is 1. The van der Waals surface area contributed by atoms with Crippen molar-refractivity contribution < 1.29 is 9.90 Å². The summed E-state index contributed by atoms with van der Waals surface area (Å²) in [4.78, 5) is 17.8. The van der Waals surface area contributed by atoms with Crippen molar-refractivity contribution in [3.8, 4) is 0 Å². The van der Waals surface area contributed by atoms with E-state index in [0.717, 1.165) is 38.2 Å². The van der Waals surface area contributed by atoms with E-state index in [9.17, 15) is 4.79 Å². The molecule has 0 radical (unpaired) electrons. The second kappa shape index (κ2) is 8.60. The van der Waals surface area contributed by atoms with Crippen LogP contribution in [0, 0.1) is 0 Å². The number of carbonyl (C=O) groups excluding carboxylic acids is 1. The number of nitrogens with one attached hydrogen (secondary N) is 2. The molecule has 3 N–H and O–H groups in total. The van der Waals surface area contributed by atoms with E-state index in [2.05, 4.69) is 32.7 Å². The molecule has 3 rings (SSSR count). The van der Waals surface area contributed by atoms with E-state index in [1.54, 1.807) is 0 Å². The van der Waals surface area contributed by atoms with Gasteiger partial charge in [0.05, 0.1) is 0 Å². The smallest absolute Gasteiger partial charge is 0.250 e. The first-order valence-electron chi connectivity index (χ1n) is 8.61. The van der Waals surface area contributed by atoms with Crippen LogP contribution in [0.1, 0.15) is 18.4 Å². The molecule has 2 heterocycles. The summed E-state index contributed by atoms with van der Waals surface area (Å²) in [6.07, 6.45) is 5.84. The quantitative estimate of drug-likeness (QED) is 0.751. The lowest BCUT2D eigenvalue weighted by atomic mass is 10.0. The molecule has 1 saturated heterocycles. The number of likely N-dealkylation sites (tertiary alicyclic amines) is 1. The molecule has 0 spiro atoms. The number of anilines is 2. The van der Waals surface area contributed by atoms with Crippen LogP contribution in [0.15, 0.2) is 48.8 Å². The second-order valence-electron chi connectivity index (χ2n) is 6.34. The fraction of sp³-hybridized carbons (Fsp3) is 0.368. The zero-order valence-electron chi connectivity index (χ0n) is 14.2. The Kier molecular flexibility index (Phi) is 5.98. The van der Waals surface area contributed by atoms with Gasteiger partial charge in [0.25, 0.3) is 0 Å². The minimum atomic E-state index is -0.506. The highest BCUT2D eigenvalue weighted by Crippen LogP contribution is 2.20. The zero-order chi connectivity index (χ0) is 17.5. The summed E-state index contributed by atoms with van der Waals surface area (Å²) < 4.78 is 0. The SMILES string of the molecule is O=C(CO)Nc1cccc(NC2CCN(Cc3ccncc3)CC2)c1. The maximum atomic E-state index is 11.3. The van der Waals surface area contributed by atoms with Crippen molar-refractivity contribution in [2.75, 3.05) is 30.3 Å². The van der Waals surface area contributed by atoms with Crippen molar-refractivity contribution in [2.24, 2.45) is 0 Å². The highest BCUT2D eigenvalue weighted by Gasteiger charge is 2.19. The van der Waals surface area contributed by atoms with Crippen molar-refractivity contribution in [3.05, 3.63) is 54.4 Å². The lowest BCUT2D eigenvalue weighted by molar-refractivity contribution is -0.118. The van der Waals surface area contributed by atoms with E-state index in [1.165, 1.54) is 5.56 Å². The van der Waals surface area contributed by atoms with Crippen molar-refractivity contribution in [1.82, 2.24) is 9.88 Å². The largest absolute Gasteiger partial charge is 0.387 e. The molecule has 6 heteroatoms. The Morgan fingerprint density at radius 1 is 1.16 bits per heavy atom. The van der Waals surface area contributed by atoms with Gasteiger partial charge in [0, 0.05) is 49.4 Å². The van der Waals surface area contributed by atoms with Gasteiger partial charge in [-0.15, -0.1) is 0 Å². The third-order valence-electron chi connectivity index (χ3n) is 4.40. The van der Waals surface area contributed by atoms with E-state index in [1.807, 2.05) is 36.7 Å². The summed E-state index contributed by atoms with van der Waals surface area (Å²) in [6.45, 7) is 2.58. The van der Waals surface area contributed by atoms with Crippen LogP contribution < -0.4 is 10.6 Å². The Bertz CT molecular complexity index is 685. The standard InChI is InChI=1S/C19H24N4O2/c24-14-19(25)22-18-3-1-2-17(12-18)21-16-6-10-23(11-7-16)13-15-4-8-20-9-5-15/h1-5,8-9,12,16,21,24H,6-7,10-11,13-14H2,(H,22,25). The van der Waals surface area contributed by atoms with Gasteiger partial charge in [0.1, 0.15) is 6.61 Å². The van der Waals surface area contributed by atoms with Crippen molar-refractivity contribution in [2.45, 2.75) is 25.4 Å². The molecule has 1 aliphatic rings. The average molecular weight is 340 g/mol. The molecule has 1 aromatic carbocycles. The predicted octanol–water partition coefficient (Wildman–Crippen LogP) is 2.09. The summed E-state index contributed by atoms with van der Waals surface area (Å²) in [7, 11) is 0. The minimum Gasteiger partial charge on any atom is -0.387 e. The third-order valence-corrected chi connectivity index (χ3v) is 4.40. The predicted molar refractivity (Wildman–Crippen MR) is 98.3 cm³/mol. The van der Waals surface area contributed by atoms with Crippen LogP contribution in [0.2, 0.25) is 0 Å². The Hall–Kier alpha value is -2.44. The molecule has 0 aliphatic carbocycles. The molecule has 1 fully saturated rings. The number of aliphatic hydroxyl groups is 1. The molecule has 0 saturated carbocycles. The molecule has 2 aromatic rings. The lowest BCUT2D eigenvalue weighted by Gasteiger charge is -2.33. The van der Waals surface area contributed by atoms with Crippen molar-refractivity contribution in [3.63, 3.8) is 0 Å². The Morgan fingerprint density at radius 2 is 1.88 bits per heavy atom. The third kappa shape index (κ3) is 5.27. The van der Waals surface area contributed by atoms with Crippen molar-refractivity contribution in [1.29, 1.82) is 0 Å². The monoisotopic (exact) mass is 340 g/mol. The number of carbonyl (C=O) groups is 1. The number of hydrogen-bond donors (Lipinski definition) is 3. The normalized spacial score (nSPS) is 15.7. The molecular formula is C19H24N4O2. The Morgan fingerprint density at radius 3 is 2.60 bits per heavy atom. The number of benzene rings is 1. The zero-order valence-corrected chi connectivity index (χ0v) is 14.2. The molecule has 6 nitrogen and oxygen atoms in total. The van der Waals surface area contributed by atoms with Crippen LogP contribution in [0.25, 0.3) is 0 Å². The van der Waals surface area contributed by atoms with E-state index >= 15 is 0 Å². The van der Waals surface area contributed by atoms with Gasteiger partial charge in [0.15, 0.2) is 0 Å². The number of hydrogen-bond acceptors (Lipinski definition) is 5. The maximum absolute atomic E-state index is 11.3. The first kappa shape index (κ1) is 17.4. The van der Waals surface area contributed by atoms with Crippen LogP contribution >= 0.6 is 0 Å². The Labute approximate surface area is 147 Å². The summed E-state index contributed by atoms with van der Waals surface area (Å²) in [5.41, 5.74) is 2.98. The lowest BCUT2D eigenvalue weighted by Crippen LogP contribution is -2.38.